The predicted octanol–water partition coefficient (Wildman–Crippen LogP) is 4.22. The van der Waals surface area contributed by atoms with Crippen LogP contribution in [0.5, 0.6) is 0 Å². The minimum absolute atomic E-state index is 0.0870. The standard InChI is InChI=1S/C26H32N2O5S/c1-18-8-10-20(11-9-18)25(30)28(17-23(29)27-12-14-33-15-13-27)21-16-22(19-6-4-3-5-7-19)34-24(21)26(31)32-2/h3-7,16,18,20H,8-15,17H2,1-2H3/t18-,20-. The maximum atomic E-state index is 13.8. The lowest BCUT2D eigenvalue weighted by atomic mass is 9.82. The summed E-state index contributed by atoms with van der Waals surface area (Å²) in [6, 6.07) is 11.6. The first-order valence-electron chi connectivity index (χ1n) is 11.9. The Morgan fingerprint density at radius 3 is 2.41 bits per heavy atom. The molecule has 0 spiro atoms. The second-order valence-electron chi connectivity index (χ2n) is 9.06. The van der Waals surface area contributed by atoms with Crippen LogP contribution in [0.25, 0.3) is 10.4 Å². The molecule has 1 aliphatic carbocycles. The number of thiophene rings is 1. The van der Waals surface area contributed by atoms with Crippen LogP contribution in [-0.2, 0) is 19.1 Å². The Morgan fingerprint density at radius 2 is 1.76 bits per heavy atom. The summed E-state index contributed by atoms with van der Waals surface area (Å²) in [4.78, 5) is 44.2. The van der Waals surface area contributed by atoms with Gasteiger partial charge in [0, 0.05) is 23.9 Å². The Hall–Kier alpha value is -2.71. The molecule has 34 heavy (non-hydrogen) atoms. The van der Waals surface area contributed by atoms with E-state index >= 15 is 0 Å². The largest absolute Gasteiger partial charge is 0.465 e. The second kappa shape index (κ2) is 11.1. The van der Waals surface area contributed by atoms with Crippen molar-refractivity contribution in [3.05, 3.63) is 41.3 Å². The zero-order chi connectivity index (χ0) is 24.1. The Kier molecular flexibility index (Phi) is 8.00. The fraction of sp³-hybridized carbons (Fsp3) is 0.500. The number of carbonyl (C=O) groups is 3. The summed E-state index contributed by atoms with van der Waals surface area (Å²) in [5.74, 6) is -0.278. The Bertz CT molecular complexity index is 1010. The number of hydrogen-bond donors (Lipinski definition) is 0. The number of rotatable bonds is 6. The van der Waals surface area contributed by atoms with Crippen LogP contribution in [0.1, 0.15) is 42.3 Å². The summed E-state index contributed by atoms with van der Waals surface area (Å²) in [5, 5.41) is 0. The Balaban J connectivity index is 1.70. The zero-order valence-electron chi connectivity index (χ0n) is 19.8. The maximum absolute atomic E-state index is 13.8. The number of methoxy groups -OCH3 is 1. The fourth-order valence-corrected chi connectivity index (χ4v) is 5.71. The third kappa shape index (κ3) is 5.50. The van der Waals surface area contributed by atoms with Crippen LogP contribution in [-0.4, -0.2) is 62.6 Å². The minimum atomic E-state index is -0.504. The van der Waals surface area contributed by atoms with Gasteiger partial charge in [0.2, 0.25) is 11.8 Å². The van der Waals surface area contributed by atoms with Gasteiger partial charge in [0.15, 0.2) is 0 Å². The second-order valence-corrected chi connectivity index (χ2v) is 10.1. The SMILES string of the molecule is COC(=O)c1sc(-c2ccccc2)cc1N(CC(=O)N1CCOCC1)C(=O)[C@H]1CC[C@H](C)CC1. The van der Waals surface area contributed by atoms with Gasteiger partial charge in [-0.05, 0) is 43.2 Å². The van der Waals surface area contributed by atoms with Crippen molar-refractivity contribution in [3.63, 3.8) is 0 Å². The minimum Gasteiger partial charge on any atom is -0.465 e. The van der Waals surface area contributed by atoms with Crippen LogP contribution in [0.15, 0.2) is 36.4 Å². The highest BCUT2D eigenvalue weighted by atomic mass is 32.1. The summed E-state index contributed by atoms with van der Waals surface area (Å²) in [7, 11) is 1.33. The Labute approximate surface area is 204 Å². The van der Waals surface area contributed by atoms with Gasteiger partial charge in [0.1, 0.15) is 11.4 Å². The van der Waals surface area contributed by atoms with E-state index in [1.54, 1.807) is 4.90 Å². The molecule has 0 N–H and O–H groups in total. The van der Waals surface area contributed by atoms with Crippen molar-refractivity contribution in [2.75, 3.05) is 44.9 Å². The van der Waals surface area contributed by atoms with E-state index in [4.69, 9.17) is 9.47 Å². The molecular weight excluding hydrogens is 452 g/mol. The molecule has 4 rings (SSSR count). The van der Waals surface area contributed by atoms with Crippen molar-refractivity contribution >= 4 is 34.8 Å². The quantitative estimate of drug-likeness (QED) is 0.574. The number of anilines is 1. The van der Waals surface area contributed by atoms with Gasteiger partial charge < -0.3 is 19.3 Å². The zero-order valence-corrected chi connectivity index (χ0v) is 20.6. The Morgan fingerprint density at radius 1 is 1.09 bits per heavy atom. The lowest BCUT2D eigenvalue weighted by molar-refractivity contribution is -0.135. The molecule has 1 aliphatic heterocycles. The molecule has 1 saturated heterocycles. The van der Waals surface area contributed by atoms with Crippen molar-refractivity contribution in [1.29, 1.82) is 0 Å². The molecule has 2 heterocycles. The summed E-state index contributed by atoms with van der Waals surface area (Å²) >= 11 is 1.29. The van der Waals surface area contributed by atoms with Crippen LogP contribution < -0.4 is 4.90 Å². The first kappa shape index (κ1) is 24.4. The number of ether oxygens (including phenoxy) is 2. The van der Waals surface area contributed by atoms with Gasteiger partial charge in [-0.1, -0.05) is 37.3 Å². The van der Waals surface area contributed by atoms with E-state index < -0.39 is 5.97 Å². The third-order valence-electron chi connectivity index (χ3n) is 6.72. The molecule has 8 heteroatoms. The predicted molar refractivity (Wildman–Crippen MR) is 132 cm³/mol. The van der Waals surface area contributed by atoms with Crippen molar-refractivity contribution in [1.82, 2.24) is 4.90 Å². The lowest BCUT2D eigenvalue weighted by Crippen LogP contribution is -2.49. The van der Waals surface area contributed by atoms with Crippen LogP contribution in [0.3, 0.4) is 0 Å². The fourth-order valence-electron chi connectivity index (χ4n) is 4.62. The lowest BCUT2D eigenvalue weighted by Gasteiger charge is -2.33. The number of nitrogens with zero attached hydrogens (tertiary/aromatic N) is 2. The van der Waals surface area contributed by atoms with Gasteiger partial charge in [0.25, 0.3) is 0 Å². The van der Waals surface area contributed by atoms with Crippen LogP contribution in [0.2, 0.25) is 0 Å². The van der Waals surface area contributed by atoms with Gasteiger partial charge in [-0.3, -0.25) is 9.59 Å². The van der Waals surface area contributed by atoms with Gasteiger partial charge in [-0.2, -0.15) is 0 Å². The molecule has 2 aromatic rings. The smallest absolute Gasteiger partial charge is 0.350 e. The summed E-state index contributed by atoms with van der Waals surface area (Å²) in [6.45, 7) is 4.10. The van der Waals surface area contributed by atoms with Crippen LogP contribution in [0.4, 0.5) is 5.69 Å². The van der Waals surface area contributed by atoms with Crippen LogP contribution >= 0.6 is 11.3 Å². The number of benzene rings is 1. The van der Waals surface area contributed by atoms with E-state index in [9.17, 15) is 14.4 Å². The number of morpholine rings is 1. The number of esters is 1. The first-order chi connectivity index (χ1) is 16.5. The van der Waals surface area contributed by atoms with Gasteiger partial charge in [0.05, 0.1) is 26.0 Å². The van der Waals surface area contributed by atoms with Gasteiger partial charge in [-0.15, -0.1) is 11.3 Å². The molecule has 182 valence electrons. The van der Waals surface area contributed by atoms with Crippen molar-refractivity contribution in [2.45, 2.75) is 32.6 Å². The van der Waals surface area contributed by atoms with E-state index in [0.717, 1.165) is 36.1 Å². The monoisotopic (exact) mass is 484 g/mol. The topological polar surface area (TPSA) is 76.2 Å². The summed E-state index contributed by atoms with van der Waals surface area (Å²) in [5.41, 5.74) is 1.41. The molecule has 0 bridgehead atoms. The van der Waals surface area contributed by atoms with Gasteiger partial charge in [-0.25, -0.2) is 4.79 Å². The molecular formula is C26H32N2O5S. The third-order valence-corrected chi connectivity index (χ3v) is 7.87. The molecule has 2 fully saturated rings. The maximum Gasteiger partial charge on any atom is 0.350 e. The van der Waals surface area contributed by atoms with Crippen LogP contribution in [0, 0.1) is 11.8 Å². The van der Waals surface area contributed by atoms with Crippen molar-refractivity contribution < 1.29 is 23.9 Å². The average molecular weight is 485 g/mol. The molecule has 1 saturated carbocycles. The highest BCUT2D eigenvalue weighted by molar-refractivity contribution is 7.18. The van der Waals surface area contributed by atoms with E-state index in [-0.39, 0.29) is 24.3 Å². The highest BCUT2D eigenvalue weighted by Crippen LogP contribution is 2.39. The molecule has 0 unspecified atom stereocenters. The molecule has 2 aliphatic rings. The molecule has 1 aromatic heterocycles. The normalized spacial score (nSPS) is 20.6. The number of amides is 2. The van der Waals surface area contributed by atoms with E-state index in [2.05, 4.69) is 6.92 Å². The molecule has 0 radical (unpaired) electrons. The molecule has 7 nitrogen and oxygen atoms in total. The van der Waals surface area contributed by atoms with Crippen molar-refractivity contribution in [3.8, 4) is 10.4 Å². The van der Waals surface area contributed by atoms with E-state index in [1.807, 2.05) is 36.4 Å². The molecule has 0 atom stereocenters. The van der Waals surface area contributed by atoms with Gasteiger partial charge >= 0.3 is 5.97 Å². The summed E-state index contributed by atoms with van der Waals surface area (Å²) < 4.78 is 10.4. The molecule has 1 aromatic carbocycles. The summed E-state index contributed by atoms with van der Waals surface area (Å²) in [6.07, 6.45) is 3.58. The van der Waals surface area contributed by atoms with E-state index in [0.29, 0.717) is 42.8 Å². The highest BCUT2D eigenvalue weighted by Gasteiger charge is 2.34. The van der Waals surface area contributed by atoms with Crippen molar-refractivity contribution in [2.24, 2.45) is 11.8 Å². The average Bonchev–Trinajstić information content (AvgIpc) is 3.33. The molecule has 2 amide bonds. The first-order valence-corrected chi connectivity index (χ1v) is 12.7. The number of hydrogen-bond acceptors (Lipinski definition) is 6. The number of carbonyl (C=O) groups excluding carboxylic acids is 3. The van der Waals surface area contributed by atoms with E-state index in [1.165, 1.54) is 23.3 Å².